The van der Waals surface area contributed by atoms with Crippen LogP contribution in [-0.2, 0) is 0 Å². The zero-order valence-corrected chi connectivity index (χ0v) is 7.28. The third kappa shape index (κ3) is 3.25. The molecule has 0 saturated carbocycles. The number of nitrogens with one attached hydrogen (secondary N) is 1. The van der Waals surface area contributed by atoms with E-state index in [1.165, 1.54) is 6.20 Å². The van der Waals surface area contributed by atoms with Crippen LogP contribution in [-0.4, -0.2) is 27.3 Å². The SMILES string of the molecule is CC(C)(N)CNc1nccnn1. The molecule has 3 N–H and O–H groups in total. The first-order valence-corrected chi connectivity index (χ1v) is 3.74. The lowest BCUT2D eigenvalue weighted by Crippen LogP contribution is -2.39. The lowest BCUT2D eigenvalue weighted by molar-refractivity contribution is 0.547. The van der Waals surface area contributed by atoms with Gasteiger partial charge in [0.2, 0.25) is 5.95 Å². The van der Waals surface area contributed by atoms with Crippen molar-refractivity contribution in [3.05, 3.63) is 12.4 Å². The molecule has 0 spiro atoms. The Kier molecular flexibility index (Phi) is 2.54. The topological polar surface area (TPSA) is 76.7 Å². The predicted octanol–water partition coefficient (Wildman–Crippen LogP) is 0.0208. The first kappa shape index (κ1) is 8.86. The standard InChI is InChI=1S/C7H13N5/c1-7(2,8)5-10-6-9-3-4-11-12-6/h3-4H,5,8H2,1-2H3,(H,9,10,12). The summed E-state index contributed by atoms with van der Waals surface area (Å²) >= 11 is 0. The third-order valence-corrected chi connectivity index (χ3v) is 1.18. The Morgan fingerprint density at radius 2 is 2.25 bits per heavy atom. The Balaban J connectivity index is 2.44. The van der Waals surface area contributed by atoms with Gasteiger partial charge in [0.05, 0.1) is 12.4 Å². The van der Waals surface area contributed by atoms with E-state index in [2.05, 4.69) is 20.5 Å². The van der Waals surface area contributed by atoms with Gasteiger partial charge in [-0.15, -0.1) is 5.10 Å². The molecular formula is C7H13N5. The molecule has 1 rings (SSSR count). The molecule has 5 nitrogen and oxygen atoms in total. The number of nitrogens with two attached hydrogens (primary N) is 1. The molecule has 0 aliphatic rings. The van der Waals surface area contributed by atoms with Crippen LogP contribution in [0.15, 0.2) is 12.4 Å². The van der Waals surface area contributed by atoms with E-state index in [-0.39, 0.29) is 5.54 Å². The first-order valence-electron chi connectivity index (χ1n) is 3.74. The lowest BCUT2D eigenvalue weighted by atomic mass is 10.1. The van der Waals surface area contributed by atoms with E-state index in [0.717, 1.165) is 0 Å². The summed E-state index contributed by atoms with van der Waals surface area (Å²) < 4.78 is 0. The van der Waals surface area contributed by atoms with Crippen LogP contribution in [0.2, 0.25) is 0 Å². The fraction of sp³-hybridized carbons (Fsp3) is 0.571. The lowest BCUT2D eigenvalue weighted by Gasteiger charge is -2.18. The second-order valence-corrected chi connectivity index (χ2v) is 3.31. The van der Waals surface area contributed by atoms with Gasteiger partial charge in [-0.25, -0.2) is 4.98 Å². The van der Waals surface area contributed by atoms with Gasteiger partial charge in [-0.3, -0.25) is 0 Å². The van der Waals surface area contributed by atoms with Crippen molar-refractivity contribution in [2.45, 2.75) is 19.4 Å². The Morgan fingerprint density at radius 3 is 2.75 bits per heavy atom. The molecule has 5 heteroatoms. The van der Waals surface area contributed by atoms with Crippen LogP contribution in [0.1, 0.15) is 13.8 Å². The summed E-state index contributed by atoms with van der Waals surface area (Å²) in [5, 5.41) is 10.4. The molecule has 1 aromatic heterocycles. The van der Waals surface area contributed by atoms with E-state index < -0.39 is 0 Å². The molecule has 1 heterocycles. The molecule has 0 aliphatic carbocycles. The molecular weight excluding hydrogens is 154 g/mol. The van der Waals surface area contributed by atoms with Crippen LogP contribution in [0, 0.1) is 0 Å². The summed E-state index contributed by atoms with van der Waals surface area (Å²) in [6.07, 6.45) is 3.11. The number of hydrogen-bond acceptors (Lipinski definition) is 5. The van der Waals surface area contributed by atoms with Gasteiger partial charge in [-0.05, 0) is 13.8 Å². The van der Waals surface area contributed by atoms with E-state index in [0.29, 0.717) is 12.5 Å². The smallest absolute Gasteiger partial charge is 0.242 e. The summed E-state index contributed by atoms with van der Waals surface area (Å²) in [7, 11) is 0. The molecule has 0 aliphatic heterocycles. The van der Waals surface area contributed by atoms with Crippen molar-refractivity contribution in [3.63, 3.8) is 0 Å². The van der Waals surface area contributed by atoms with Crippen LogP contribution >= 0.6 is 0 Å². The van der Waals surface area contributed by atoms with Crippen molar-refractivity contribution < 1.29 is 0 Å². The van der Waals surface area contributed by atoms with E-state index in [1.807, 2.05) is 13.8 Å². The average molecular weight is 167 g/mol. The van der Waals surface area contributed by atoms with Crippen molar-refractivity contribution in [1.29, 1.82) is 0 Å². The van der Waals surface area contributed by atoms with Gasteiger partial charge in [-0.1, -0.05) is 0 Å². The Morgan fingerprint density at radius 1 is 1.50 bits per heavy atom. The van der Waals surface area contributed by atoms with Gasteiger partial charge >= 0.3 is 0 Å². The Labute approximate surface area is 71.4 Å². The molecule has 0 fully saturated rings. The highest BCUT2D eigenvalue weighted by Crippen LogP contribution is 1.98. The van der Waals surface area contributed by atoms with Crippen molar-refractivity contribution in [3.8, 4) is 0 Å². The van der Waals surface area contributed by atoms with Gasteiger partial charge in [0.15, 0.2) is 0 Å². The molecule has 0 unspecified atom stereocenters. The fourth-order valence-electron chi connectivity index (χ4n) is 0.635. The average Bonchev–Trinajstić information content (AvgIpc) is 2.02. The number of hydrogen-bond donors (Lipinski definition) is 2. The first-order chi connectivity index (χ1) is 5.58. The quantitative estimate of drug-likeness (QED) is 0.663. The van der Waals surface area contributed by atoms with Crippen molar-refractivity contribution in [2.24, 2.45) is 5.73 Å². The van der Waals surface area contributed by atoms with Crippen molar-refractivity contribution in [1.82, 2.24) is 15.2 Å². The summed E-state index contributed by atoms with van der Waals surface area (Å²) in [4.78, 5) is 3.94. The summed E-state index contributed by atoms with van der Waals surface area (Å²) in [5.41, 5.74) is 5.48. The highest BCUT2D eigenvalue weighted by molar-refractivity contribution is 5.21. The molecule has 12 heavy (non-hydrogen) atoms. The molecule has 1 aromatic rings. The van der Waals surface area contributed by atoms with Crippen LogP contribution in [0.5, 0.6) is 0 Å². The van der Waals surface area contributed by atoms with E-state index >= 15 is 0 Å². The van der Waals surface area contributed by atoms with Gasteiger partial charge in [0.1, 0.15) is 0 Å². The van der Waals surface area contributed by atoms with E-state index in [4.69, 9.17) is 5.73 Å². The summed E-state index contributed by atoms with van der Waals surface area (Å²) in [5.74, 6) is 0.510. The zero-order valence-electron chi connectivity index (χ0n) is 7.28. The maximum absolute atomic E-state index is 5.74. The van der Waals surface area contributed by atoms with E-state index in [9.17, 15) is 0 Å². The second kappa shape index (κ2) is 3.44. The number of rotatable bonds is 3. The minimum atomic E-state index is -0.265. The predicted molar refractivity (Wildman–Crippen MR) is 46.6 cm³/mol. The number of nitrogens with zero attached hydrogens (tertiary/aromatic N) is 3. The minimum Gasteiger partial charge on any atom is -0.351 e. The van der Waals surface area contributed by atoms with Crippen molar-refractivity contribution in [2.75, 3.05) is 11.9 Å². The van der Waals surface area contributed by atoms with Gasteiger partial charge in [-0.2, -0.15) is 5.10 Å². The summed E-state index contributed by atoms with van der Waals surface area (Å²) in [6.45, 7) is 4.48. The fourth-order valence-corrected chi connectivity index (χ4v) is 0.635. The Bertz CT molecular complexity index is 227. The molecule has 0 atom stereocenters. The molecule has 0 radical (unpaired) electrons. The van der Waals surface area contributed by atoms with Crippen LogP contribution < -0.4 is 11.1 Å². The maximum Gasteiger partial charge on any atom is 0.242 e. The highest BCUT2D eigenvalue weighted by atomic mass is 15.2. The third-order valence-electron chi connectivity index (χ3n) is 1.18. The van der Waals surface area contributed by atoms with Gasteiger partial charge < -0.3 is 11.1 Å². The zero-order chi connectivity index (χ0) is 9.03. The second-order valence-electron chi connectivity index (χ2n) is 3.31. The maximum atomic E-state index is 5.74. The van der Waals surface area contributed by atoms with Gasteiger partial charge in [0, 0.05) is 12.1 Å². The largest absolute Gasteiger partial charge is 0.351 e. The van der Waals surface area contributed by atoms with Gasteiger partial charge in [0.25, 0.3) is 0 Å². The molecule has 0 bridgehead atoms. The van der Waals surface area contributed by atoms with Crippen molar-refractivity contribution >= 4 is 5.95 Å². The number of anilines is 1. The minimum absolute atomic E-state index is 0.265. The van der Waals surface area contributed by atoms with Crippen LogP contribution in [0.4, 0.5) is 5.95 Å². The highest BCUT2D eigenvalue weighted by Gasteiger charge is 2.09. The summed E-state index contributed by atoms with van der Waals surface area (Å²) in [6, 6.07) is 0. The van der Waals surface area contributed by atoms with Crippen LogP contribution in [0.25, 0.3) is 0 Å². The monoisotopic (exact) mass is 167 g/mol. The molecule has 66 valence electrons. The molecule has 0 amide bonds. The molecule has 0 aromatic carbocycles. The molecule has 0 saturated heterocycles. The van der Waals surface area contributed by atoms with E-state index in [1.54, 1.807) is 6.20 Å². The normalized spacial score (nSPS) is 11.2. The number of aromatic nitrogens is 3. The Hall–Kier alpha value is -1.23. The van der Waals surface area contributed by atoms with Crippen LogP contribution in [0.3, 0.4) is 0 Å².